The summed E-state index contributed by atoms with van der Waals surface area (Å²) in [7, 11) is -4.01. The number of hydrogen-bond acceptors (Lipinski definition) is 6. The number of carbonyl (C=O) groups is 1. The average molecular weight is 426 g/mol. The highest BCUT2D eigenvalue weighted by Gasteiger charge is 2.23. The Hall–Kier alpha value is -3.23. The van der Waals surface area contributed by atoms with Gasteiger partial charge < -0.3 is 9.84 Å². The molecule has 0 saturated carbocycles. The van der Waals surface area contributed by atoms with Gasteiger partial charge in [0, 0.05) is 6.20 Å². The number of nitrogens with one attached hydrogen (secondary N) is 1. The second-order valence-electron chi connectivity index (χ2n) is 7.18. The van der Waals surface area contributed by atoms with Gasteiger partial charge in [0.05, 0.1) is 23.0 Å². The number of anilines is 1. The Labute approximate surface area is 175 Å². The van der Waals surface area contributed by atoms with Crippen LogP contribution in [0.4, 0.5) is 5.69 Å². The second-order valence-corrected chi connectivity index (χ2v) is 8.83. The maximum Gasteiger partial charge on any atom is 0.339 e. The number of pyridine rings is 1. The fourth-order valence-electron chi connectivity index (χ4n) is 2.74. The highest BCUT2D eigenvalue weighted by atomic mass is 32.2. The molecule has 0 amide bonds. The Kier molecular flexibility index (Phi) is 6.19. The van der Waals surface area contributed by atoms with E-state index < -0.39 is 21.6 Å². The number of aliphatic hydroxyl groups is 1. The molecule has 0 bridgehead atoms. The van der Waals surface area contributed by atoms with E-state index >= 15 is 0 Å². The van der Waals surface area contributed by atoms with Gasteiger partial charge in [-0.3, -0.25) is 9.71 Å². The van der Waals surface area contributed by atoms with E-state index in [1.807, 2.05) is 0 Å². The fraction of sp³-hybridized carbons (Fsp3) is 0.182. The van der Waals surface area contributed by atoms with Crippen LogP contribution in [0.1, 0.15) is 35.3 Å². The van der Waals surface area contributed by atoms with Gasteiger partial charge in [0.2, 0.25) is 0 Å². The molecule has 0 spiro atoms. The van der Waals surface area contributed by atoms with Gasteiger partial charge in [-0.25, -0.2) is 13.2 Å². The van der Waals surface area contributed by atoms with Gasteiger partial charge in [0.15, 0.2) is 0 Å². The fourth-order valence-corrected chi connectivity index (χ4v) is 3.98. The predicted octanol–water partition coefficient (Wildman–Crippen LogP) is 3.47. The van der Waals surface area contributed by atoms with Crippen molar-refractivity contribution < 1.29 is 23.1 Å². The SMILES string of the molecule is CC(C)(O)c1ccc(COC(=O)c2ccccc2S(=O)(=O)Nc2cccnc2)cc1. The van der Waals surface area contributed by atoms with Gasteiger partial charge in [-0.1, -0.05) is 36.4 Å². The zero-order chi connectivity index (χ0) is 21.8. The first-order valence-electron chi connectivity index (χ1n) is 9.17. The Balaban J connectivity index is 1.76. The molecular weight excluding hydrogens is 404 g/mol. The zero-order valence-electron chi connectivity index (χ0n) is 16.6. The molecule has 0 aliphatic rings. The topological polar surface area (TPSA) is 106 Å². The van der Waals surface area contributed by atoms with Gasteiger partial charge in [-0.15, -0.1) is 0 Å². The maximum atomic E-state index is 12.8. The van der Waals surface area contributed by atoms with E-state index in [4.69, 9.17) is 4.74 Å². The van der Waals surface area contributed by atoms with Crippen molar-refractivity contribution in [3.05, 3.63) is 89.7 Å². The van der Waals surface area contributed by atoms with Gasteiger partial charge in [0.1, 0.15) is 11.5 Å². The summed E-state index contributed by atoms with van der Waals surface area (Å²) in [6, 6.07) is 16.0. The van der Waals surface area contributed by atoms with Crippen molar-refractivity contribution in [2.45, 2.75) is 31.0 Å². The molecule has 0 atom stereocenters. The average Bonchev–Trinajstić information content (AvgIpc) is 2.72. The van der Waals surface area contributed by atoms with Crippen molar-refractivity contribution in [3.8, 4) is 0 Å². The second kappa shape index (κ2) is 8.64. The maximum absolute atomic E-state index is 12.8. The summed E-state index contributed by atoms with van der Waals surface area (Å²) in [5.74, 6) is -0.756. The van der Waals surface area contributed by atoms with Crippen molar-refractivity contribution in [1.82, 2.24) is 4.98 Å². The van der Waals surface area contributed by atoms with E-state index in [-0.39, 0.29) is 22.8 Å². The molecule has 2 N–H and O–H groups in total. The third-order valence-electron chi connectivity index (χ3n) is 4.34. The predicted molar refractivity (Wildman–Crippen MR) is 112 cm³/mol. The Morgan fingerprint density at radius 3 is 2.40 bits per heavy atom. The number of rotatable bonds is 7. The van der Waals surface area contributed by atoms with Gasteiger partial charge in [0.25, 0.3) is 10.0 Å². The summed E-state index contributed by atoms with van der Waals surface area (Å²) < 4.78 is 33.2. The lowest BCUT2D eigenvalue weighted by atomic mass is 9.97. The van der Waals surface area contributed by atoms with Crippen molar-refractivity contribution in [2.24, 2.45) is 0 Å². The van der Waals surface area contributed by atoms with Crippen LogP contribution in [0, 0.1) is 0 Å². The van der Waals surface area contributed by atoms with E-state index in [9.17, 15) is 18.3 Å². The largest absolute Gasteiger partial charge is 0.457 e. The number of ether oxygens (including phenoxy) is 1. The molecule has 8 heteroatoms. The van der Waals surface area contributed by atoms with Crippen LogP contribution in [0.2, 0.25) is 0 Å². The van der Waals surface area contributed by atoms with Crippen LogP contribution in [-0.4, -0.2) is 24.5 Å². The lowest BCUT2D eigenvalue weighted by molar-refractivity contribution is 0.0467. The first-order valence-corrected chi connectivity index (χ1v) is 10.7. The van der Waals surface area contributed by atoms with Crippen molar-refractivity contribution >= 4 is 21.7 Å². The van der Waals surface area contributed by atoms with Gasteiger partial charge in [-0.2, -0.15) is 0 Å². The normalized spacial score (nSPS) is 11.7. The zero-order valence-corrected chi connectivity index (χ0v) is 17.4. The molecule has 1 aromatic heterocycles. The first kappa shape index (κ1) is 21.5. The van der Waals surface area contributed by atoms with E-state index in [0.29, 0.717) is 5.56 Å². The van der Waals surface area contributed by atoms with E-state index in [0.717, 1.165) is 5.56 Å². The molecule has 0 saturated heterocycles. The van der Waals surface area contributed by atoms with Gasteiger partial charge in [-0.05, 0) is 49.2 Å². The summed E-state index contributed by atoms with van der Waals surface area (Å²) in [5, 5.41) is 10.0. The molecule has 0 aliphatic carbocycles. The standard InChI is InChI=1S/C22H22N2O5S/c1-22(2,26)17-11-9-16(10-12-17)15-29-21(25)19-7-3-4-8-20(19)30(27,28)24-18-6-5-13-23-14-18/h3-14,24,26H,15H2,1-2H3. The lowest BCUT2D eigenvalue weighted by Crippen LogP contribution is -2.18. The molecule has 1 heterocycles. The number of benzene rings is 2. The molecule has 0 fully saturated rings. The van der Waals surface area contributed by atoms with Crippen LogP contribution in [0.15, 0.2) is 78.0 Å². The summed E-state index contributed by atoms with van der Waals surface area (Å²) in [6.45, 7) is 3.33. The Morgan fingerprint density at radius 1 is 1.07 bits per heavy atom. The van der Waals surface area contributed by atoms with E-state index in [2.05, 4.69) is 9.71 Å². The molecule has 7 nitrogen and oxygen atoms in total. The first-order chi connectivity index (χ1) is 14.2. The third kappa shape index (κ3) is 5.22. The molecule has 30 heavy (non-hydrogen) atoms. The summed E-state index contributed by atoms with van der Waals surface area (Å²) in [4.78, 5) is 16.3. The smallest absolute Gasteiger partial charge is 0.339 e. The Morgan fingerprint density at radius 2 is 1.77 bits per heavy atom. The highest BCUT2D eigenvalue weighted by molar-refractivity contribution is 7.92. The van der Waals surface area contributed by atoms with Crippen LogP contribution in [0.5, 0.6) is 0 Å². The lowest BCUT2D eigenvalue weighted by Gasteiger charge is -2.18. The summed E-state index contributed by atoms with van der Waals surface area (Å²) in [6.07, 6.45) is 2.90. The molecule has 2 aromatic carbocycles. The van der Waals surface area contributed by atoms with Crippen LogP contribution in [0.3, 0.4) is 0 Å². The summed E-state index contributed by atoms with van der Waals surface area (Å²) in [5.41, 5.74) is 0.694. The van der Waals surface area contributed by atoms with Crippen molar-refractivity contribution in [1.29, 1.82) is 0 Å². The number of aromatic nitrogens is 1. The van der Waals surface area contributed by atoms with Crippen LogP contribution in [0.25, 0.3) is 0 Å². The van der Waals surface area contributed by atoms with Crippen molar-refractivity contribution in [3.63, 3.8) is 0 Å². The number of nitrogens with zero attached hydrogens (tertiary/aromatic N) is 1. The minimum Gasteiger partial charge on any atom is -0.457 e. The molecule has 0 aliphatic heterocycles. The number of esters is 1. The molecule has 3 rings (SSSR count). The van der Waals surface area contributed by atoms with Crippen LogP contribution in [-0.2, 0) is 27.0 Å². The molecular formula is C22H22N2O5S. The molecule has 156 valence electrons. The van der Waals surface area contributed by atoms with E-state index in [1.54, 1.807) is 56.3 Å². The number of carbonyl (C=O) groups excluding carboxylic acids is 1. The third-order valence-corrected chi connectivity index (χ3v) is 5.78. The quantitative estimate of drug-likeness (QED) is 0.561. The Bertz CT molecular complexity index is 1120. The monoisotopic (exact) mass is 426 g/mol. The highest BCUT2D eigenvalue weighted by Crippen LogP contribution is 2.22. The molecule has 3 aromatic rings. The minimum absolute atomic E-state index is 0.0324. The van der Waals surface area contributed by atoms with Gasteiger partial charge >= 0.3 is 5.97 Å². The summed E-state index contributed by atoms with van der Waals surface area (Å²) >= 11 is 0. The number of hydrogen-bond donors (Lipinski definition) is 2. The minimum atomic E-state index is -4.01. The number of sulfonamides is 1. The van der Waals surface area contributed by atoms with Crippen molar-refractivity contribution in [2.75, 3.05) is 4.72 Å². The molecule has 0 radical (unpaired) electrons. The van der Waals surface area contributed by atoms with E-state index in [1.165, 1.54) is 30.6 Å². The molecule has 0 unspecified atom stereocenters. The van der Waals surface area contributed by atoms with Crippen LogP contribution >= 0.6 is 0 Å². The van der Waals surface area contributed by atoms with Crippen LogP contribution < -0.4 is 4.72 Å².